The van der Waals surface area contributed by atoms with Crippen LogP contribution >= 0.6 is 0 Å². The summed E-state index contributed by atoms with van der Waals surface area (Å²) in [6.45, 7) is 6.18. The first-order valence-electron chi connectivity index (χ1n) is 8.16. The number of rotatable bonds is 8. The number of benzene rings is 1. The van der Waals surface area contributed by atoms with Crippen LogP contribution < -0.4 is 10.6 Å². The Labute approximate surface area is 136 Å². The molecule has 0 bridgehead atoms. The van der Waals surface area contributed by atoms with Crippen LogP contribution in [-0.4, -0.2) is 48.3 Å². The fourth-order valence-corrected chi connectivity index (χ4v) is 2.58. The van der Waals surface area contributed by atoms with Crippen molar-refractivity contribution < 1.29 is 14.3 Å². The molecule has 2 amide bonds. The van der Waals surface area contributed by atoms with Gasteiger partial charge in [0.1, 0.15) is 11.4 Å². The number of halogens is 1. The molecular weight excluding hydrogens is 297 g/mol. The molecule has 5 nitrogen and oxygen atoms in total. The van der Waals surface area contributed by atoms with Crippen molar-refractivity contribution in [1.29, 1.82) is 0 Å². The quantitative estimate of drug-likeness (QED) is 0.684. The molecule has 3 N–H and O–H groups in total. The number of hydrogen-bond acceptors (Lipinski definition) is 3. The monoisotopic (exact) mass is 323 g/mol. The van der Waals surface area contributed by atoms with Crippen molar-refractivity contribution in [1.82, 2.24) is 15.5 Å². The lowest BCUT2D eigenvalue weighted by atomic mass is 9.96. The Bertz CT molecular complexity index is 515. The predicted octanol–water partition coefficient (Wildman–Crippen LogP) is 1.82. The second-order valence-corrected chi connectivity index (χ2v) is 6.25. The van der Waals surface area contributed by atoms with Crippen LogP contribution in [-0.2, 0) is 5.60 Å². The molecule has 0 aromatic heterocycles. The first-order valence-corrected chi connectivity index (χ1v) is 8.16. The normalized spacial score (nSPS) is 16.9. The lowest BCUT2D eigenvalue weighted by Crippen LogP contribution is -2.45. The van der Waals surface area contributed by atoms with E-state index in [1.54, 1.807) is 6.92 Å². The molecular formula is C17H26FN3O2. The van der Waals surface area contributed by atoms with Gasteiger partial charge in [-0.15, -0.1) is 0 Å². The molecule has 0 spiro atoms. The lowest BCUT2D eigenvalue weighted by molar-refractivity contribution is 0.0593. The molecule has 1 aromatic carbocycles. The number of hydrogen-bond donors (Lipinski definition) is 3. The Morgan fingerprint density at radius 3 is 2.57 bits per heavy atom. The van der Waals surface area contributed by atoms with Crippen LogP contribution in [0.4, 0.5) is 9.18 Å². The van der Waals surface area contributed by atoms with Crippen LogP contribution in [0.15, 0.2) is 24.3 Å². The maximum absolute atomic E-state index is 12.9. The van der Waals surface area contributed by atoms with Crippen LogP contribution in [0.1, 0.15) is 32.3 Å². The van der Waals surface area contributed by atoms with E-state index in [0.717, 1.165) is 13.1 Å². The number of likely N-dealkylation sites (N-methyl/N-ethyl adjacent to an activating group) is 1. The Kier molecular flexibility index (Phi) is 5.96. The number of nitrogens with zero attached hydrogens (tertiary/aromatic N) is 1. The average molecular weight is 323 g/mol. The molecule has 1 aromatic rings. The number of carbonyl (C=O) groups is 1. The zero-order chi connectivity index (χ0) is 16.9. The minimum absolute atomic E-state index is 0.0601. The lowest BCUT2D eigenvalue weighted by Gasteiger charge is -2.24. The van der Waals surface area contributed by atoms with Gasteiger partial charge < -0.3 is 15.7 Å². The summed E-state index contributed by atoms with van der Waals surface area (Å²) in [5.41, 5.74) is -0.681. The van der Waals surface area contributed by atoms with E-state index in [1.165, 1.54) is 37.1 Å². The van der Waals surface area contributed by atoms with Gasteiger partial charge in [-0.3, -0.25) is 4.90 Å². The zero-order valence-corrected chi connectivity index (χ0v) is 13.8. The molecule has 0 radical (unpaired) electrons. The van der Waals surface area contributed by atoms with E-state index in [2.05, 4.69) is 22.5 Å². The number of carbonyl (C=O) groups excluding carboxylic acids is 1. The Balaban J connectivity index is 1.71. The summed E-state index contributed by atoms with van der Waals surface area (Å²) in [6.07, 6.45) is 2.50. The van der Waals surface area contributed by atoms with E-state index in [1.807, 2.05) is 0 Å². The molecule has 0 saturated heterocycles. The Morgan fingerprint density at radius 2 is 2.00 bits per heavy atom. The van der Waals surface area contributed by atoms with Crippen molar-refractivity contribution in [2.75, 3.05) is 26.2 Å². The molecule has 6 heteroatoms. The summed E-state index contributed by atoms with van der Waals surface area (Å²) in [6, 6.07) is 6.00. The fourth-order valence-electron chi connectivity index (χ4n) is 2.58. The van der Waals surface area contributed by atoms with Gasteiger partial charge in [0.2, 0.25) is 0 Å². The van der Waals surface area contributed by atoms with Gasteiger partial charge in [-0.1, -0.05) is 19.1 Å². The van der Waals surface area contributed by atoms with Crippen LogP contribution in [0.3, 0.4) is 0 Å². The minimum Gasteiger partial charge on any atom is -0.384 e. The van der Waals surface area contributed by atoms with Crippen LogP contribution in [0.25, 0.3) is 0 Å². The van der Waals surface area contributed by atoms with E-state index in [4.69, 9.17) is 0 Å². The topological polar surface area (TPSA) is 64.6 Å². The van der Waals surface area contributed by atoms with Gasteiger partial charge >= 0.3 is 6.03 Å². The van der Waals surface area contributed by atoms with Crippen molar-refractivity contribution in [3.05, 3.63) is 35.6 Å². The predicted molar refractivity (Wildman–Crippen MR) is 87.6 cm³/mol. The molecule has 1 atom stereocenters. The Morgan fingerprint density at radius 1 is 1.35 bits per heavy atom. The Hall–Kier alpha value is -1.66. The number of amides is 2. The summed E-state index contributed by atoms with van der Waals surface area (Å²) < 4.78 is 12.9. The van der Waals surface area contributed by atoms with Gasteiger partial charge in [-0.2, -0.15) is 0 Å². The van der Waals surface area contributed by atoms with Crippen molar-refractivity contribution in [2.45, 2.75) is 38.3 Å². The maximum Gasteiger partial charge on any atom is 0.314 e. The first-order chi connectivity index (χ1) is 10.9. The number of aliphatic hydroxyl groups is 1. The smallest absolute Gasteiger partial charge is 0.314 e. The summed E-state index contributed by atoms with van der Waals surface area (Å²) in [5.74, 6) is -0.355. The second-order valence-electron chi connectivity index (χ2n) is 6.25. The van der Waals surface area contributed by atoms with Crippen molar-refractivity contribution in [2.24, 2.45) is 0 Å². The summed E-state index contributed by atoms with van der Waals surface area (Å²) in [4.78, 5) is 14.2. The van der Waals surface area contributed by atoms with Gasteiger partial charge in [0, 0.05) is 19.1 Å². The molecule has 0 heterocycles. The van der Waals surface area contributed by atoms with Crippen molar-refractivity contribution in [3.8, 4) is 0 Å². The molecule has 1 unspecified atom stereocenters. The van der Waals surface area contributed by atoms with Crippen LogP contribution in [0.5, 0.6) is 0 Å². The summed E-state index contributed by atoms with van der Waals surface area (Å²) in [5, 5.41) is 15.8. The second kappa shape index (κ2) is 7.75. The molecule has 1 aliphatic rings. The van der Waals surface area contributed by atoms with E-state index < -0.39 is 5.60 Å². The van der Waals surface area contributed by atoms with E-state index in [0.29, 0.717) is 18.2 Å². The summed E-state index contributed by atoms with van der Waals surface area (Å²) in [7, 11) is 0. The van der Waals surface area contributed by atoms with Gasteiger partial charge in [0.15, 0.2) is 0 Å². The van der Waals surface area contributed by atoms with Crippen LogP contribution in [0, 0.1) is 5.82 Å². The van der Waals surface area contributed by atoms with Gasteiger partial charge in [0.25, 0.3) is 0 Å². The third kappa shape index (κ3) is 5.48. The van der Waals surface area contributed by atoms with Gasteiger partial charge in [0.05, 0.1) is 6.54 Å². The highest BCUT2D eigenvalue weighted by Crippen LogP contribution is 2.25. The molecule has 128 valence electrons. The highest BCUT2D eigenvalue weighted by atomic mass is 19.1. The van der Waals surface area contributed by atoms with E-state index >= 15 is 0 Å². The minimum atomic E-state index is -1.24. The molecule has 2 rings (SSSR count). The van der Waals surface area contributed by atoms with Gasteiger partial charge in [-0.25, -0.2) is 9.18 Å². The van der Waals surface area contributed by atoms with E-state index in [9.17, 15) is 14.3 Å². The molecule has 1 aliphatic carbocycles. The molecule has 0 aliphatic heterocycles. The SMILES string of the molecule is CCN(CCNC(=O)NCC(C)(O)c1ccc(F)cc1)C1CC1. The van der Waals surface area contributed by atoms with Crippen molar-refractivity contribution >= 4 is 6.03 Å². The molecule has 23 heavy (non-hydrogen) atoms. The number of urea groups is 1. The maximum atomic E-state index is 12.9. The average Bonchev–Trinajstić information content (AvgIpc) is 3.35. The van der Waals surface area contributed by atoms with E-state index in [-0.39, 0.29) is 18.4 Å². The van der Waals surface area contributed by atoms with Gasteiger partial charge in [-0.05, 0) is 44.0 Å². The highest BCUT2D eigenvalue weighted by molar-refractivity contribution is 5.73. The fraction of sp³-hybridized carbons (Fsp3) is 0.588. The highest BCUT2D eigenvalue weighted by Gasteiger charge is 2.27. The van der Waals surface area contributed by atoms with Crippen molar-refractivity contribution in [3.63, 3.8) is 0 Å². The third-order valence-corrected chi connectivity index (χ3v) is 4.21. The van der Waals surface area contributed by atoms with Crippen LogP contribution in [0.2, 0.25) is 0 Å². The first kappa shape index (κ1) is 17.7. The zero-order valence-electron chi connectivity index (χ0n) is 13.8. The molecule has 1 saturated carbocycles. The number of nitrogens with one attached hydrogen (secondary N) is 2. The molecule has 1 fully saturated rings. The standard InChI is InChI=1S/C17H26FN3O2/c1-3-21(15-8-9-15)11-10-19-16(22)20-12-17(2,23)13-4-6-14(18)7-5-13/h4-7,15,23H,3,8-12H2,1-2H3,(H2,19,20,22). The largest absolute Gasteiger partial charge is 0.384 e. The third-order valence-electron chi connectivity index (χ3n) is 4.21. The summed E-state index contributed by atoms with van der Waals surface area (Å²) >= 11 is 0.